The molecule has 0 radical (unpaired) electrons. The summed E-state index contributed by atoms with van der Waals surface area (Å²) < 4.78 is 1.36. The van der Waals surface area contributed by atoms with E-state index in [1.54, 1.807) is 13.1 Å². The van der Waals surface area contributed by atoms with E-state index in [-0.39, 0.29) is 16.8 Å². The highest BCUT2D eigenvalue weighted by Gasteiger charge is 2.08. The second kappa shape index (κ2) is 4.14. The third-order valence-corrected chi connectivity index (χ3v) is 2.88. The van der Waals surface area contributed by atoms with Crippen LogP contribution in [0.4, 0.5) is 5.95 Å². The monoisotopic (exact) mass is 258 g/mol. The molecule has 0 unspecified atom stereocenters. The number of aromatic nitrogens is 5. The molecule has 2 rings (SSSR count). The average molecular weight is 259 g/mol. The summed E-state index contributed by atoms with van der Waals surface area (Å²) in [5, 5.41) is 7.37. The molecule has 9 heteroatoms. The van der Waals surface area contributed by atoms with Crippen LogP contribution >= 0.6 is 23.4 Å². The number of hydrogen-bond acceptors (Lipinski definition) is 6. The number of nitrogens with two attached hydrogens (primary N) is 1. The first kappa shape index (κ1) is 11.0. The van der Waals surface area contributed by atoms with E-state index < -0.39 is 0 Å². The SMILES string of the molecule is Cn1c(Sc2cc(Cl)nc(N)n2)n[nH]c1=O. The minimum Gasteiger partial charge on any atom is -0.368 e. The van der Waals surface area contributed by atoms with Gasteiger partial charge in [-0.05, 0) is 11.8 Å². The van der Waals surface area contributed by atoms with Gasteiger partial charge in [0.15, 0.2) is 5.16 Å². The first-order chi connectivity index (χ1) is 7.56. The van der Waals surface area contributed by atoms with Crippen molar-refractivity contribution >= 4 is 29.3 Å². The summed E-state index contributed by atoms with van der Waals surface area (Å²) in [5.41, 5.74) is 5.14. The van der Waals surface area contributed by atoms with Crippen LogP contribution in [-0.4, -0.2) is 24.7 Å². The smallest absolute Gasteiger partial charge is 0.343 e. The van der Waals surface area contributed by atoms with E-state index in [1.807, 2.05) is 0 Å². The first-order valence-electron chi connectivity index (χ1n) is 4.15. The quantitative estimate of drug-likeness (QED) is 0.751. The van der Waals surface area contributed by atoms with Gasteiger partial charge in [-0.3, -0.25) is 4.57 Å². The predicted octanol–water partition coefficient (Wildman–Crippen LogP) is 0.285. The number of halogens is 1. The maximum atomic E-state index is 11.1. The van der Waals surface area contributed by atoms with E-state index in [1.165, 1.54) is 16.3 Å². The van der Waals surface area contributed by atoms with Gasteiger partial charge in [0.2, 0.25) is 5.95 Å². The Labute approximate surface area is 99.0 Å². The number of nitrogens with zero attached hydrogens (tertiary/aromatic N) is 4. The summed E-state index contributed by atoms with van der Waals surface area (Å²) in [5.74, 6) is 0.0792. The molecule has 0 spiro atoms. The van der Waals surface area contributed by atoms with Crippen molar-refractivity contribution < 1.29 is 0 Å². The van der Waals surface area contributed by atoms with Gasteiger partial charge in [-0.2, -0.15) is 0 Å². The van der Waals surface area contributed by atoms with Gasteiger partial charge < -0.3 is 5.73 Å². The van der Waals surface area contributed by atoms with E-state index in [9.17, 15) is 4.79 Å². The molecule has 0 aromatic carbocycles. The van der Waals surface area contributed by atoms with Crippen molar-refractivity contribution in [2.45, 2.75) is 10.2 Å². The van der Waals surface area contributed by atoms with Crippen LogP contribution in [0.1, 0.15) is 0 Å². The van der Waals surface area contributed by atoms with Gasteiger partial charge in [0.25, 0.3) is 0 Å². The van der Waals surface area contributed by atoms with Crippen molar-refractivity contribution in [3.05, 3.63) is 21.7 Å². The molecule has 16 heavy (non-hydrogen) atoms. The molecule has 84 valence electrons. The van der Waals surface area contributed by atoms with Gasteiger partial charge in [0, 0.05) is 13.1 Å². The molecule has 0 amide bonds. The number of H-pyrrole nitrogens is 1. The standard InChI is InChI=1S/C7H7ClN6OS/c1-14-6(15)12-13-7(14)16-4-2-3(8)10-5(9)11-4/h2H,1H3,(H,12,15)(H2,9,10,11). The van der Waals surface area contributed by atoms with Crippen LogP contribution in [0.2, 0.25) is 5.15 Å². The molecule has 2 aromatic heterocycles. The van der Waals surface area contributed by atoms with E-state index in [2.05, 4.69) is 20.2 Å². The summed E-state index contributed by atoms with van der Waals surface area (Å²) in [4.78, 5) is 18.8. The molecule has 0 aliphatic carbocycles. The number of rotatable bonds is 2. The molecule has 0 bridgehead atoms. The Hall–Kier alpha value is -1.54. The van der Waals surface area contributed by atoms with Crippen molar-refractivity contribution in [1.82, 2.24) is 24.7 Å². The normalized spacial score (nSPS) is 10.6. The van der Waals surface area contributed by atoms with E-state index in [0.717, 1.165) is 0 Å². The Balaban J connectivity index is 2.34. The molecule has 0 aliphatic heterocycles. The number of hydrogen-bond donors (Lipinski definition) is 2. The fraction of sp³-hybridized carbons (Fsp3) is 0.143. The van der Waals surface area contributed by atoms with Crippen molar-refractivity contribution in [3.8, 4) is 0 Å². The van der Waals surface area contributed by atoms with Gasteiger partial charge in [-0.1, -0.05) is 11.6 Å². The lowest BCUT2D eigenvalue weighted by molar-refractivity contribution is 0.764. The van der Waals surface area contributed by atoms with Crippen LogP contribution in [-0.2, 0) is 7.05 Å². The molecule has 2 heterocycles. The zero-order valence-electron chi connectivity index (χ0n) is 8.14. The third kappa shape index (κ3) is 2.17. The van der Waals surface area contributed by atoms with E-state index in [0.29, 0.717) is 10.2 Å². The summed E-state index contributed by atoms with van der Waals surface area (Å²) in [6.45, 7) is 0. The van der Waals surface area contributed by atoms with Gasteiger partial charge in [0.05, 0.1) is 0 Å². The second-order valence-corrected chi connectivity index (χ2v) is 4.23. The minimum atomic E-state index is -0.296. The summed E-state index contributed by atoms with van der Waals surface area (Å²) in [6.07, 6.45) is 0. The lowest BCUT2D eigenvalue weighted by Crippen LogP contribution is -2.12. The highest BCUT2D eigenvalue weighted by Crippen LogP contribution is 2.24. The van der Waals surface area contributed by atoms with Crippen LogP contribution in [0, 0.1) is 0 Å². The Morgan fingerprint density at radius 2 is 2.31 bits per heavy atom. The molecular formula is C7H7ClN6OS. The molecule has 0 saturated heterocycles. The van der Waals surface area contributed by atoms with Crippen LogP contribution in [0.15, 0.2) is 21.0 Å². The van der Waals surface area contributed by atoms with Crippen molar-refractivity contribution in [2.75, 3.05) is 5.73 Å². The molecule has 0 atom stereocenters. The molecular weight excluding hydrogens is 252 g/mol. The summed E-state index contributed by atoms with van der Waals surface area (Å²) in [6, 6.07) is 1.54. The van der Waals surface area contributed by atoms with Gasteiger partial charge in [0.1, 0.15) is 10.2 Å². The Bertz CT molecular complexity index is 558. The first-order valence-corrected chi connectivity index (χ1v) is 5.35. The molecule has 3 N–H and O–H groups in total. The van der Waals surface area contributed by atoms with Crippen molar-refractivity contribution in [2.24, 2.45) is 7.05 Å². The van der Waals surface area contributed by atoms with Crippen LogP contribution in [0.25, 0.3) is 0 Å². The largest absolute Gasteiger partial charge is 0.368 e. The maximum Gasteiger partial charge on any atom is 0.343 e. The zero-order valence-corrected chi connectivity index (χ0v) is 9.71. The zero-order chi connectivity index (χ0) is 11.7. The molecule has 2 aromatic rings. The topological polar surface area (TPSA) is 102 Å². The third-order valence-electron chi connectivity index (χ3n) is 1.72. The Morgan fingerprint density at radius 3 is 2.88 bits per heavy atom. The fourth-order valence-corrected chi connectivity index (χ4v) is 2.05. The average Bonchev–Trinajstić information content (AvgIpc) is 2.48. The summed E-state index contributed by atoms with van der Waals surface area (Å²) in [7, 11) is 1.60. The highest BCUT2D eigenvalue weighted by atomic mass is 35.5. The van der Waals surface area contributed by atoms with E-state index >= 15 is 0 Å². The van der Waals surface area contributed by atoms with Crippen molar-refractivity contribution in [3.63, 3.8) is 0 Å². The van der Waals surface area contributed by atoms with Crippen LogP contribution in [0.5, 0.6) is 0 Å². The molecule has 0 saturated carbocycles. The molecule has 0 fully saturated rings. The van der Waals surface area contributed by atoms with Crippen molar-refractivity contribution in [1.29, 1.82) is 0 Å². The Morgan fingerprint density at radius 1 is 1.56 bits per heavy atom. The van der Waals surface area contributed by atoms with Gasteiger partial charge in [-0.25, -0.2) is 19.9 Å². The van der Waals surface area contributed by atoms with E-state index in [4.69, 9.17) is 17.3 Å². The molecule has 0 aliphatic rings. The van der Waals surface area contributed by atoms with Gasteiger partial charge >= 0.3 is 5.69 Å². The Kier molecular flexibility index (Phi) is 2.84. The lowest BCUT2D eigenvalue weighted by atomic mass is 10.7. The predicted molar refractivity (Wildman–Crippen MR) is 59.4 cm³/mol. The van der Waals surface area contributed by atoms with Gasteiger partial charge in [-0.15, -0.1) is 5.10 Å². The lowest BCUT2D eigenvalue weighted by Gasteiger charge is -2.00. The van der Waals surface area contributed by atoms with Crippen LogP contribution < -0.4 is 11.4 Å². The number of aromatic amines is 1. The minimum absolute atomic E-state index is 0.0792. The number of anilines is 1. The number of nitrogens with one attached hydrogen (secondary N) is 1. The maximum absolute atomic E-state index is 11.1. The summed E-state index contributed by atoms with van der Waals surface area (Å²) >= 11 is 6.89. The number of nitrogen functional groups attached to an aromatic ring is 1. The second-order valence-electron chi connectivity index (χ2n) is 2.86. The van der Waals surface area contributed by atoms with Crippen LogP contribution in [0.3, 0.4) is 0 Å². The molecule has 7 nitrogen and oxygen atoms in total. The highest BCUT2D eigenvalue weighted by molar-refractivity contribution is 7.99. The fourth-order valence-electron chi connectivity index (χ4n) is 0.983.